The summed E-state index contributed by atoms with van der Waals surface area (Å²) < 4.78 is 0. The zero-order valence-corrected chi connectivity index (χ0v) is 13.0. The molecule has 0 aliphatic carbocycles. The maximum Gasteiger partial charge on any atom is 0.0512 e. The molecule has 1 N–H and O–H groups in total. The van der Waals surface area contributed by atoms with Gasteiger partial charge in [0.05, 0.1) is 6.10 Å². The van der Waals surface area contributed by atoms with E-state index in [4.69, 9.17) is 0 Å². The van der Waals surface area contributed by atoms with Crippen molar-refractivity contribution in [1.29, 1.82) is 0 Å². The molecule has 2 rings (SSSR count). The van der Waals surface area contributed by atoms with Gasteiger partial charge in [0.15, 0.2) is 0 Å². The van der Waals surface area contributed by atoms with Crippen molar-refractivity contribution in [3.05, 3.63) is 0 Å². The highest BCUT2D eigenvalue weighted by molar-refractivity contribution is 4.96. The average molecular weight is 267 g/mol. The summed E-state index contributed by atoms with van der Waals surface area (Å²) in [6.07, 6.45) is 14.7. The lowest BCUT2D eigenvalue weighted by Gasteiger charge is -2.30. The van der Waals surface area contributed by atoms with Gasteiger partial charge >= 0.3 is 0 Å². The summed E-state index contributed by atoms with van der Waals surface area (Å²) in [7, 11) is 0. The van der Waals surface area contributed by atoms with Crippen molar-refractivity contribution in [3.8, 4) is 0 Å². The minimum atomic E-state index is -0.108. The molecule has 0 aromatic heterocycles. The molecule has 0 spiro atoms. The van der Waals surface area contributed by atoms with Crippen LogP contribution < -0.4 is 0 Å². The van der Waals surface area contributed by atoms with Gasteiger partial charge in [-0.15, -0.1) is 0 Å². The van der Waals surface area contributed by atoms with Gasteiger partial charge in [-0.05, 0) is 51.9 Å². The molecule has 2 aliphatic rings. The SMILES string of the molecule is CCC[C@@H]1CC[C@H]2CC[C@H](CCCCC[C@@H](C)O)N21. The second-order valence-electron chi connectivity index (χ2n) is 6.84. The second-order valence-corrected chi connectivity index (χ2v) is 6.84. The number of aliphatic hydroxyl groups is 1. The van der Waals surface area contributed by atoms with E-state index in [0.29, 0.717) is 0 Å². The Morgan fingerprint density at radius 2 is 1.68 bits per heavy atom. The number of fused-ring (bicyclic) bond motifs is 1. The third-order valence-corrected chi connectivity index (χ3v) is 5.21. The predicted molar refractivity (Wildman–Crippen MR) is 81.3 cm³/mol. The van der Waals surface area contributed by atoms with Crippen LogP contribution >= 0.6 is 0 Å². The molecule has 0 bridgehead atoms. The van der Waals surface area contributed by atoms with E-state index in [9.17, 15) is 5.11 Å². The first-order valence-electron chi connectivity index (χ1n) is 8.67. The second kappa shape index (κ2) is 7.64. The van der Waals surface area contributed by atoms with Crippen molar-refractivity contribution < 1.29 is 5.11 Å². The topological polar surface area (TPSA) is 23.5 Å². The lowest BCUT2D eigenvalue weighted by molar-refractivity contribution is 0.160. The van der Waals surface area contributed by atoms with Crippen LogP contribution in [0.1, 0.15) is 84.5 Å². The van der Waals surface area contributed by atoms with Gasteiger partial charge in [0.25, 0.3) is 0 Å². The number of hydrogen-bond donors (Lipinski definition) is 1. The highest BCUT2D eigenvalue weighted by atomic mass is 16.3. The maximum atomic E-state index is 9.27. The molecule has 2 saturated heterocycles. The molecule has 0 unspecified atom stereocenters. The van der Waals surface area contributed by atoms with E-state index < -0.39 is 0 Å². The zero-order chi connectivity index (χ0) is 13.7. The largest absolute Gasteiger partial charge is 0.393 e. The molecule has 2 heterocycles. The molecular formula is C17H33NO. The summed E-state index contributed by atoms with van der Waals surface area (Å²) in [5, 5.41) is 9.27. The molecule has 2 fully saturated rings. The van der Waals surface area contributed by atoms with Gasteiger partial charge in [0.2, 0.25) is 0 Å². The first-order chi connectivity index (χ1) is 9.22. The number of hydrogen-bond acceptors (Lipinski definition) is 2. The Kier molecular flexibility index (Phi) is 6.15. The van der Waals surface area contributed by atoms with Gasteiger partial charge in [-0.25, -0.2) is 0 Å². The molecule has 2 heteroatoms. The molecule has 112 valence electrons. The van der Waals surface area contributed by atoms with E-state index in [2.05, 4.69) is 11.8 Å². The van der Waals surface area contributed by atoms with Crippen LogP contribution in [0, 0.1) is 0 Å². The average Bonchev–Trinajstić information content (AvgIpc) is 2.93. The van der Waals surface area contributed by atoms with Crippen LogP contribution in [-0.2, 0) is 0 Å². The molecule has 0 amide bonds. The Morgan fingerprint density at radius 3 is 2.32 bits per heavy atom. The Bertz CT molecular complexity index is 252. The Hall–Kier alpha value is -0.0800. The number of nitrogens with zero attached hydrogens (tertiary/aromatic N) is 1. The third kappa shape index (κ3) is 4.19. The van der Waals surface area contributed by atoms with Gasteiger partial charge in [0.1, 0.15) is 0 Å². The fourth-order valence-corrected chi connectivity index (χ4v) is 4.32. The minimum Gasteiger partial charge on any atom is -0.393 e. The van der Waals surface area contributed by atoms with Gasteiger partial charge in [0, 0.05) is 18.1 Å². The molecule has 0 aromatic carbocycles. The van der Waals surface area contributed by atoms with Crippen molar-refractivity contribution >= 4 is 0 Å². The lowest BCUT2D eigenvalue weighted by Crippen LogP contribution is -2.38. The van der Waals surface area contributed by atoms with Crippen LogP contribution in [0.3, 0.4) is 0 Å². The van der Waals surface area contributed by atoms with E-state index in [1.165, 1.54) is 64.2 Å². The van der Waals surface area contributed by atoms with Crippen molar-refractivity contribution in [3.63, 3.8) is 0 Å². The number of rotatable bonds is 8. The zero-order valence-electron chi connectivity index (χ0n) is 13.0. The highest BCUT2D eigenvalue weighted by Gasteiger charge is 2.41. The molecule has 4 atom stereocenters. The summed E-state index contributed by atoms with van der Waals surface area (Å²) in [6, 6.07) is 2.72. The number of aliphatic hydroxyl groups excluding tert-OH is 1. The Balaban J connectivity index is 1.68. The van der Waals surface area contributed by atoms with E-state index in [-0.39, 0.29) is 6.10 Å². The minimum absolute atomic E-state index is 0.108. The van der Waals surface area contributed by atoms with Crippen LogP contribution in [0.15, 0.2) is 0 Å². The van der Waals surface area contributed by atoms with E-state index in [1.807, 2.05) is 6.92 Å². The standard InChI is InChI=1S/C17H33NO/c1-3-7-15-10-12-17-13-11-16(18(15)17)9-6-4-5-8-14(2)19/h14-17,19H,3-13H2,1-2H3/t14-,15-,16+,17+/m1/s1. The molecule has 0 aromatic rings. The molecule has 19 heavy (non-hydrogen) atoms. The first-order valence-corrected chi connectivity index (χ1v) is 8.67. The normalized spacial score (nSPS) is 32.7. The Labute approximate surface area is 119 Å². The Morgan fingerprint density at radius 1 is 1.00 bits per heavy atom. The summed E-state index contributed by atoms with van der Waals surface area (Å²) in [5.41, 5.74) is 0. The molecule has 2 nitrogen and oxygen atoms in total. The summed E-state index contributed by atoms with van der Waals surface area (Å²) in [6.45, 7) is 4.23. The smallest absolute Gasteiger partial charge is 0.0512 e. The van der Waals surface area contributed by atoms with Crippen molar-refractivity contribution in [2.75, 3.05) is 0 Å². The highest BCUT2D eigenvalue weighted by Crippen LogP contribution is 2.39. The van der Waals surface area contributed by atoms with Crippen LogP contribution in [0.4, 0.5) is 0 Å². The molecule has 2 aliphatic heterocycles. The van der Waals surface area contributed by atoms with Crippen molar-refractivity contribution in [2.24, 2.45) is 0 Å². The fourth-order valence-electron chi connectivity index (χ4n) is 4.32. The van der Waals surface area contributed by atoms with Crippen LogP contribution in [-0.4, -0.2) is 34.2 Å². The molecule has 0 radical (unpaired) electrons. The third-order valence-electron chi connectivity index (χ3n) is 5.21. The lowest BCUT2D eigenvalue weighted by atomic mass is 10.0. The predicted octanol–water partition coefficient (Wildman–Crippen LogP) is 4.11. The van der Waals surface area contributed by atoms with Crippen LogP contribution in [0.2, 0.25) is 0 Å². The van der Waals surface area contributed by atoms with Crippen molar-refractivity contribution in [2.45, 2.75) is 109 Å². The maximum absolute atomic E-state index is 9.27. The van der Waals surface area contributed by atoms with E-state index in [1.54, 1.807) is 0 Å². The van der Waals surface area contributed by atoms with E-state index in [0.717, 1.165) is 24.5 Å². The van der Waals surface area contributed by atoms with Gasteiger partial charge in [-0.2, -0.15) is 0 Å². The first kappa shape index (κ1) is 15.3. The van der Waals surface area contributed by atoms with E-state index >= 15 is 0 Å². The summed E-state index contributed by atoms with van der Waals surface area (Å²) in [4.78, 5) is 2.90. The van der Waals surface area contributed by atoms with Gasteiger partial charge in [-0.1, -0.05) is 32.6 Å². The van der Waals surface area contributed by atoms with Gasteiger partial charge < -0.3 is 5.11 Å². The molecular weight excluding hydrogens is 234 g/mol. The van der Waals surface area contributed by atoms with Crippen LogP contribution in [0.5, 0.6) is 0 Å². The fraction of sp³-hybridized carbons (Fsp3) is 1.00. The summed E-state index contributed by atoms with van der Waals surface area (Å²) in [5.74, 6) is 0. The van der Waals surface area contributed by atoms with Crippen molar-refractivity contribution in [1.82, 2.24) is 4.90 Å². The quantitative estimate of drug-likeness (QED) is 0.669. The summed E-state index contributed by atoms with van der Waals surface area (Å²) >= 11 is 0. The molecule has 0 saturated carbocycles. The van der Waals surface area contributed by atoms with Crippen LogP contribution in [0.25, 0.3) is 0 Å². The number of unbranched alkanes of at least 4 members (excludes halogenated alkanes) is 2. The van der Waals surface area contributed by atoms with Gasteiger partial charge in [-0.3, -0.25) is 4.90 Å². The monoisotopic (exact) mass is 267 g/mol.